The summed E-state index contributed by atoms with van der Waals surface area (Å²) < 4.78 is 5.31. The van der Waals surface area contributed by atoms with Gasteiger partial charge in [-0.3, -0.25) is 4.79 Å². The molecule has 3 heteroatoms. The Balaban J connectivity index is 2.24. The average Bonchev–Trinajstić information content (AvgIpc) is 2.14. The van der Waals surface area contributed by atoms with Crippen molar-refractivity contribution in [3.63, 3.8) is 0 Å². The summed E-state index contributed by atoms with van der Waals surface area (Å²) in [5.41, 5.74) is 2.25. The van der Waals surface area contributed by atoms with Crippen LogP contribution in [0.2, 0.25) is 0 Å². The quantitative estimate of drug-likeness (QED) is 0.788. The lowest BCUT2D eigenvalue weighted by molar-refractivity contribution is -0.118. The van der Waals surface area contributed by atoms with Crippen LogP contribution < -0.4 is 10.1 Å². The van der Waals surface area contributed by atoms with E-state index in [9.17, 15) is 4.79 Å². The van der Waals surface area contributed by atoms with E-state index in [4.69, 9.17) is 4.74 Å². The minimum Gasteiger partial charge on any atom is -0.482 e. The van der Waals surface area contributed by atoms with E-state index in [1.807, 2.05) is 12.1 Å². The third-order valence-electron chi connectivity index (χ3n) is 2.41. The van der Waals surface area contributed by atoms with Gasteiger partial charge in [0, 0.05) is 0 Å². The topological polar surface area (TPSA) is 38.3 Å². The molecule has 16 heavy (non-hydrogen) atoms. The molecule has 1 aromatic rings. The molecule has 0 fully saturated rings. The fourth-order valence-corrected chi connectivity index (χ4v) is 1.85. The van der Waals surface area contributed by atoms with E-state index < -0.39 is 0 Å². The molecule has 1 amide bonds. The SMILES string of the molecule is CC(C)(C)Cc1ccc2c(c1)NC(=O)CO2. The summed E-state index contributed by atoms with van der Waals surface area (Å²) in [5, 5.41) is 2.82. The molecule has 1 aromatic carbocycles. The number of carbonyl (C=O) groups excluding carboxylic acids is 1. The Bertz CT molecular complexity index is 418. The molecule has 1 aliphatic rings. The molecule has 0 radical (unpaired) electrons. The summed E-state index contributed by atoms with van der Waals surface area (Å²) in [5.74, 6) is 0.678. The predicted octanol–water partition coefficient (Wildman–Crippen LogP) is 2.61. The number of hydrogen-bond acceptors (Lipinski definition) is 2. The zero-order valence-electron chi connectivity index (χ0n) is 9.96. The smallest absolute Gasteiger partial charge is 0.262 e. The monoisotopic (exact) mass is 219 g/mol. The van der Waals surface area contributed by atoms with Gasteiger partial charge in [-0.2, -0.15) is 0 Å². The van der Waals surface area contributed by atoms with Gasteiger partial charge in [-0.15, -0.1) is 0 Å². The number of benzene rings is 1. The van der Waals surface area contributed by atoms with Crippen molar-refractivity contribution in [3.8, 4) is 5.75 Å². The Labute approximate surface area is 95.8 Å². The molecule has 0 spiro atoms. The predicted molar refractivity (Wildman–Crippen MR) is 63.7 cm³/mol. The van der Waals surface area contributed by atoms with Gasteiger partial charge in [0.05, 0.1) is 5.69 Å². The first-order valence-electron chi connectivity index (χ1n) is 5.50. The first-order chi connectivity index (χ1) is 7.44. The van der Waals surface area contributed by atoms with Gasteiger partial charge in [-0.1, -0.05) is 26.8 Å². The highest BCUT2D eigenvalue weighted by Gasteiger charge is 2.17. The molecule has 2 rings (SSSR count). The minimum atomic E-state index is -0.0830. The van der Waals surface area contributed by atoms with Crippen LogP contribution in [0.1, 0.15) is 26.3 Å². The van der Waals surface area contributed by atoms with Crippen LogP contribution in [0.15, 0.2) is 18.2 Å². The first kappa shape index (κ1) is 11.0. The molecular weight excluding hydrogens is 202 g/mol. The second-order valence-corrected chi connectivity index (χ2v) is 5.40. The van der Waals surface area contributed by atoms with E-state index in [2.05, 4.69) is 32.2 Å². The minimum absolute atomic E-state index is 0.0830. The molecule has 0 atom stereocenters. The normalized spacial score (nSPS) is 15.1. The largest absolute Gasteiger partial charge is 0.482 e. The molecule has 0 aromatic heterocycles. The highest BCUT2D eigenvalue weighted by molar-refractivity contribution is 5.95. The second-order valence-electron chi connectivity index (χ2n) is 5.40. The number of nitrogens with one attached hydrogen (secondary N) is 1. The van der Waals surface area contributed by atoms with E-state index in [-0.39, 0.29) is 17.9 Å². The van der Waals surface area contributed by atoms with Crippen LogP contribution in [0.3, 0.4) is 0 Å². The van der Waals surface area contributed by atoms with Crippen molar-refractivity contribution in [3.05, 3.63) is 23.8 Å². The summed E-state index contributed by atoms with van der Waals surface area (Å²) in [6, 6.07) is 5.98. The van der Waals surface area contributed by atoms with Crippen LogP contribution in [-0.4, -0.2) is 12.5 Å². The Morgan fingerprint density at radius 2 is 2.12 bits per heavy atom. The first-order valence-corrected chi connectivity index (χ1v) is 5.50. The number of amides is 1. The maximum absolute atomic E-state index is 11.2. The zero-order chi connectivity index (χ0) is 11.8. The van der Waals surface area contributed by atoms with Crippen molar-refractivity contribution >= 4 is 11.6 Å². The lowest BCUT2D eigenvalue weighted by Crippen LogP contribution is -2.25. The molecule has 1 aliphatic heterocycles. The number of hydrogen-bond donors (Lipinski definition) is 1. The highest BCUT2D eigenvalue weighted by atomic mass is 16.5. The van der Waals surface area contributed by atoms with Crippen molar-refractivity contribution in [2.24, 2.45) is 5.41 Å². The van der Waals surface area contributed by atoms with Crippen LogP contribution >= 0.6 is 0 Å². The Hall–Kier alpha value is -1.51. The van der Waals surface area contributed by atoms with Crippen LogP contribution in [-0.2, 0) is 11.2 Å². The van der Waals surface area contributed by atoms with Gasteiger partial charge in [0.25, 0.3) is 5.91 Å². The van der Waals surface area contributed by atoms with Crippen molar-refractivity contribution in [1.29, 1.82) is 0 Å². The number of fused-ring (bicyclic) bond motifs is 1. The van der Waals surface area contributed by atoms with Gasteiger partial charge < -0.3 is 10.1 Å². The van der Waals surface area contributed by atoms with Crippen molar-refractivity contribution in [1.82, 2.24) is 0 Å². The number of anilines is 1. The van der Waals surface area contributed by atoms with Crippen molar-refractivity contribution in [2.45, 2.75) is 27.2 Å². The third-order valence-corrected chi connectivity index (χ3v) is 2.41. The molecule has 1 N–H and O–H groups in total. The van der Waals surface area contributed by atoms with Gasteiger partial charge in [-0.25, -0.2) is 0 Å². The molecule has 86 valence electrons. The molecule has 0 saturated heterocycles. The van der Waals surface area contributed by atoms with Gasteiger partial charge >= 0.3 is 0 Å². The molecule has 0 unspecified atom stereocenters. The summed E-state index contributed by atoms with van der Waals surface area (Å²) in [7, 11) is 0. The lowest BCUT2D eigenvalue weighted by Gasteiger charge is -2.21. The zero-order valence-corrected chi connectivity index (χ0v) is 9.96. The van der Waals surface area contributed by atoms with Crippen LogP contribution in [0.5, 0.6) is 5.75 Å². The Morgan fingerprint density at radius 1 is 1.38 bits per heavy atom. The van der Waals surface area contributed by atoms with E-state index in [0.717, 1.165) is 17.9 Å². The third kappa shape index (κ3) is 2.54. The van der Waals surface area contributed by atoms with Crippen LogP contribution in [0, 0.1) is 5.41 Å². The van der Waals surface area contributed by atoms with E-state index in [1.165, 1.54) is 5.56 Å². The molecule has 1 heterocycles. The molecule has 0 bridgehead atoms. The van der Waals surface area contributed by atoms with Crippen LogP contribution in [0.25, 0.3) is 0 Å². The van der Waals surface area contributed by atoms with Gasteiger partial charge in [0.2, 0.25) is 0 Å². The highest BCUT2D eigenvalue weighted by Crippen LogP contribution is 2.30. The maximum atomic E-state index is 11.2. The van der Waals surface area contributed by atoms with Crippen LogP contribution in [0.4, 0.5) is 5.69 Å². The molecule has 0 aliphatic carbocycles. The fourth-order valence-electron chi connectivity index (χ4n) is 1.85. The van der Waals surface area contributed by atoms with E-state index in [0.29, 0.717) is 0 Å². The van der Waals surface area contributed by atoms with E-state index in [1.54, 1.807) is 0 Å². The standard InChI is InChI=1S/C13H17NO2/c1-13(2,3)7-9-4-5-11-10(6-9)14-12(15)8-16-11/h4-6H,7-8H2,1-3H3,(H,14,15). The van der Waals surface area contributed by atoms with Crippen molar-refractivity contribution in [2.75, 3.05) is 11.9 Å². The maximum Gasteiger partial charge on any atom is 0.262 e. The Morgan fingerprint density at radius 3 is 2.81 bits per heavy atom. The van der Waals surface area contributed by atoms with Gasteiger partial charge in [-0.05, 0) is 29.5 Å². The lowest BCUT2D eigenvalue weighted by atomic mass is 9.88. The van der Waals surface area contributed by atoms with Crippen molar-refractivity contribution < 1.29 is 9.53 Å². The second kappa shape index (κ2) is 3.81. The number of rotatable bonds is 1. The van der Waals surface area contributed by atoms with Gasteiger partial charge in [0.15, 0.2) is 6.61 Å². The fraction of sp³-hybridized carbons (Fsp3) is 0.462. The summed E-state index contributed by atoms with van der Waals surface area (Å²) in [4.78, 5) is 11.2. The van der Waals surface area contributed by atoms with E-state index >= 15 is 0 Å². The molecular formula is C13H17NO2. The number of carbonyl (C=O) groups is 1. The average molecular weight is 219 g/mol. The molecule has 3 nitrogen and oxygen atoms in total. The Kier molecular flexibility index (Phi) is 2.62. The summed E-state index contributed by atoms with van der Waals surface area (Å²) in [6.07, 6.45) is 0.982. The summed E-state index contributed by atoms with van der Waals surface area (Å²) >= 11 is 0. The molecule has 0 saturated carbocycles. The summed E-state index contributed by atoms with van der Waals surface area (Å²) in [6.45, 7) is 6.70. The van der Waals surface area contributed by atoms with Gasteiger partial charge in [0.1, 0.15) is 5.75 Å². The number of ether oxygens (including phenoxy) is 1.